The number of benzene rings is 1. The van der Waals surface area contributed by atoms with E-state index in [0.717, 1.165) is 37.5 Å². The Morgan fingerprint density at radius 1 is 1.19 bits per heavy atom. The molecule has 2 fully saturated rings. The van der Waals surface area contributed by atoms with Gasteiger partial charge in [0, 0.05) is 19.2 Å². The van der Waals surface area contributed by atoms with Crippen molar-refractivity contribution >= 4 is 33.1 Å². The van der Waals surface area contributed by atoms with Crippen LogP contribution in [0.15, 0.2) is 29.2 Å². The molecule has 2 aliphatic rings. The fraction of sp³-hybridized carbons (Fsp3) is 0.353. The van der Waals surface area contributed by atoms with E-state index >= 15 is 0 Å². The van der Waals surface area contributed by atoms with Crippen LogP contribution in [0, 0.1) is 23.0 Å². The highest BCUT2D eigenvalue weighted by Crippen LogP contribution is 2.54. The summed E-state index contributed by atoms with van der Waals surface area (Å²) in [6, 6.07) is 4.31. The smallest absolute Gasteiger partial charge is 0.268 e. The van der Waals surface area contributed by atoms with E-state index < -0.39 is 43.3 Å². The van der Waals surface area contributed by atoms with E-state index in [0.29, 0.717) is 13.1 Å². The number of halogens is 4. The molecule has 0 bridgehead atoms. The molecule has 1 aliphatic carbocycles. The fourth-order valence-electron chi connectivity index (χ4n) is 3.42. The van der Waals surface area contributed by atoms with Crippen LogP contribution in [0.5, 0.6) is 0 Å². The summed E-state index contributed by atoms with van der Waals surface area (Å²) in [4.78, 5) is 3.88. The first-order chi connectivity index (χ1) is 12.7. The van der Waals surface area contributed by atoms with Crippen LogP contribution in [0.4, 0.5) is 24.7 Å². The van der Waals surface area contributed by atoms with E-state index in [-0.39, 0.29) is 11.1 Å². The third-order valence-corrected chi connectivity index (χ3v) is 6.81. The number of aromatic nitrogens is 1. The molecule has 2 aromatic rings. The van der Waals surface area contributed by atoms with Crippen LogP contribution in [0.2, 0.25) is 5.02 Å². The average molecular weight is 418 g/mol. The number of pyridine rings is 1. The third-order valence-electron chi connectivity index (χ3n) is 5.06. The van der Waals surface area contributed by atoms with Gasteiger partial charge in [0.15, 0.2) is 10.7 Å². The maximum Gasteiger partial charge on any atom is 0.268 e. The summed E-state index contributed by atoms with van der Waals surface area (Å²) in [5, 5.41) is -0.457. The summed E-state index contributed by atoms with van der Waals surface area (Å²) < 4.78 is 69.2. The van der Waals surface area contributed by atoms with Crippen molar-refractivity contribution in [1.29, 1.82) is 0 Å². The number of hydrogen-bond acceptors (Lipinski definition) is 4. The molecular formula is C17H15ClF3N3O2S. The zero-order valence-corrected chi connectivity index (χ0v) is 15.5. The second kappa shape index (κ2) is 6.27. The highest BCUT2D eigenvalue weighted by molar-refractivity contribution is 7.92. The molecule has 10 heteroatoms. The van der Waals surface area contributed by atoms with Gasteiger partial charge in [-0.2, -0.15) is 4.39 Å². The predicted octanol–water partition coefficient (Wildman–Crippen LogP) is 3.94. The van der Waals surface area contributed by atoms with Crippen LogP contribution in [0.1, 0.15) is 19.3 Å². The number of nitrogens with zero attached hydrogens (tertiary/aromatic N) is 2. The Hall–Kier alpha value is -2.00. The Morgan fingerprint density at radius 3 is 2.56 bits per heavy atom. The molecule has 0 unspecified atom stereocenters. The number of anilines is 2. The fourth-order valence-corrected chi connectivity index (χ4v) is 4.89. The van der Waals surface area contributed by atoms with Crippen molar-refractivity contribution in [2.75, 3.05) is 22.7 Å². The van der Waals surface area contributed by atoms with Crippen molar-refractivity contribution in [1.82, 2.24) is 4.98 Å². The molecule has 1 spiro atoms. The van der Waals surface area contributed by atoms with Crippen LogP contribution in [-0.4, -0.2) is 26.5 Å². The number of nitrogens with one attached hydrogen (secondary N) is 1. The quantitative estimate of drug-likeness (QED) is 0.604. The molecule has 1 aromatic carbocycles. The van der Waals surface area contributed by atoms with Crippen molar-refractivity contribution in [3.63, 3.8) is 0 Å². The normalized spacial score (nSPS) is 18.1. The van der Waals surface area contributed by atoms with Gasteiger partial charge in [0.25, 0.3) is 10.0 Å². The molecule has 4 rings (SSSR count). The van der Waals surface area contributed by atoms with Crippen molar-refractivity contribution in [3.8, 4) is 0 Å². The molecule has 27 heavy (non-hydrogen) atoms. The summed E-state index contributed by atoms with van der Waals surface area (Å²) >= 11 is 6.05. The van der Waals surface area contributed by atoms with Crippen LogP contribution >= 0.6 is 11.6 Å². The maximum absolute atomic E-state index is 14.8. The molecule has 1 saturated heterocycles. The van der Waals surface area contributed by atoms with Crippen LogP contribution in [-0.2, 0) is 10.0 Å². The number of rotatable bonds is 4. The molecule has 0 radical (unpaired) electrons. The monoisotopic (exact) mass is 417 g/mol. The van der Waals surface area contributed by atoms with Crippen molar-refractivity contribution in [3.05, 3.63) is 46.9 Å². The molecule has 5 nitrogen and oxygen atoms in total. The summed E-state index contributed by atoms with van der Waals surface area (Å²) in [6.07, 6.45) is 3.06. The van der Waals surface area contributed by atoms with Crippen molar-refractivity contribution in [2.24, 2.45) is 5.41 Å². The molecule has 1 aliphatic heterocycles. The van der Waals surface area contributed by atoms with Gasteiger partial charge in [0.05, 0.1) is 5.69 Å². The van der Waals surface area contributed by atoms with E-state index in [4.69, 9.17) is 11.6 Å². The molecule has 1 N–H and O–H groups in total. The molecule has 0 atom stereocenters. The highest BCUT2D eigenvalue weighted by atomic mass is 35.5. The van der Waals surface area contributed by atoms with Gasteiger partial charge in [-0.3, -0.25) is 4.72 Å². The lowest BCUT2D eigenvalue weighted by molar-refractivity contribution is 0.520. The van der Waals surface area contributed by atoms with Gasteiger partial charge >= 0.3 is 0 Å². The second-order valence-electron chi connectivity index (χ2n) is 6.96. The van der Waals surface area contributed by atoms with Gasteiger partial charge in [-0.15, -0.1) is 0 Å². The van der Waals surface area contributed by atoms with Gasteiger partial charge in [0.1, 0.15) is 16.7 Å². The first kappa shape index (κ1) is 18.4. The number of sulfonamides is 1. The Kier molecular flexibility index (Phi) is 4.27. The zero-order valence-electron chi connectivity index (χ0n) is 14.0. The third kappa shape index (κ3) is 3.34. The van der Waals surface area contributed by atoms with Crippen molar-refractivity contribution in [2.45, 2.75) is 24.2 Å². The minimum absolute atomic E-state index is 0.137. The summed E-state index contributed by atoms with van der Waals surface area (Å²) in [5.41, 5.74) is 0.337. The lowest BCUT2D eigenvalue weighted by Crippen LogP contribution is -2.23. The molecule has 1 saturated carbocycles. The maximum atomic E-state index is 14.8. The van der Waals surface area contributed by atoms with Gasteiger partial charge in [-0.1, -0.05) is 17.7 Å². The van der Waals surface area contributed by atoms with E-state index in [1.807, 2.05) is 4.72 Å². The van der Waals surface area contributed by atoms with Gasteiger partial charge in [0.2, 0.25) is 5.95 Å². The number of hydrogen-bond donors (Lipinski definition) is 1. The van der Waals surface area contributed by atoms with E-state index in [1.54, 1.807) is 4.90 Å². The Bertz CT molecular complexity index is 1030. The standard InChI is InChI=1S/C17H15ClF3N3O2S/c18-14-11(24-7-6-17(9-24)4-5-17)8-10(19)16(15(14)21)27(25,26)23-13-3-1-2-12(20)22-13/h1-3,8H,4-7,9H2,(H,22,23). The summed E-state index contributed by atoms with van der Waals surface area (Å²) in [5.74, 6) is -3.99. The minimum Gasteiger partial charge on any atom is -0.370 e. The molecule has 144 valence electrons. The first-order valence-electron chi connectivity index (χ1n) is 8.29. The molecule has 2 heterocycles. The zero-order chi connectivity index (χ0) is 19.4. The minimum atomic E-state index is -4.70. The Labute approximate surface area is 159 Å². The Morgan fingerprint density at radius 2 is 1.93 bits per heavy atom. The van der Waals surface area contributed by atoms with Gasteiger partial charge in [-0.25, -0.2) is 22.2 Å². The van der Waals surface area contributed by atoms with E-state index in [2.05, 4.69) is 4.98 Å². The van der Waals surface area contributed by atoms with E-state index in [1.165, 1.54) is 6.07 Å². The lowest BCUT2D eigenvalue weighted by Gasteiger charge is -2.21. The topological polar surface area (TPSA) is 62.3 Å². The average Bonchev–Trinajstić information content (AvgIpc) is 3.20. The van der Waals surface area contributed by atoms with Crippen LogP contribution in [0.25, 0.3) is 0 Å². The predicted molar refractivity (Wildman–Crippen MR) is 94.9 cm³/mol. The highest BCUT2D eigenvalue weighted by Gasteiger charge is 2.48. The summed E-state index contributed by atoms with van der Waals surface area (Å²) in [7, 11) is -4.70. The largest absolute Gasteiger partial charge is 0.370 e. The first-order valence-corrected chi connectivity index (χ1v) is 10.1. The molecular weight excluding hydrogens is 403 g/mol. The van der Waals surface area contributed by atoms with E-state index in [9.17, 15) is 21.6 Å². The summed E-state index contributed by atoms with van der Waals surface area (Å²) in [6.45, 7) is 1.25. The van der Waals surface area contributed by atoms with Gasteiger partial charge in [-0.05, 0) is 36.8 Å². The lowest BCUT2D eigenvalue weighted by atomic mass is 10.1. The van der Waals surface area contributed by atoms with Crippen LogP contribution < -0.4 is 9.62 Å². The second-order valence-corrected chi connectivity index (χ2v) is 8.95. The molecule has 0 amide bonds. The van der Waals surface area contributed by atoms with Crippen molar-refractivity contribution < 1.29 is 21.6 Å². The Balaban J connectivity index is 1.69. The molecule has 1 aromatic heterocycles. The SMILES string of the molecule is O=S(=O)(Nc1cccc(F)n1)c1c(F)cc(N2CCC3(CC3)C2)c(Cl)c1F. The van der Waals surface area contributed by atoms with Gasteiger partial charge < -0.3 is 4.90 Å². The van der Waals surface area contributed by atoms with Crippen LogP contribution in [0.3, 0.4) is 0 Å².